The van der Waals surface area contributed by atoms with Crippen LogP contribution in [0.4, 0.5) is 5.69 Å². The van der Waals surface area contributed by atoms with E-state index in [4.69, 9.17) is 12.2 Å². The lowest BCUT2D eigenvalue weighted by atomic mass is 10.2. The molecule has 0 saturated carbocycles. The van der Waals surface area contributed by atoms with Gasteiger partial charge in [0, 0.05) is 18.3 Å². The largest absolute Gasteiger partial charge is 0.347 e. The number of nitrogens with one attached hydrogen (secondary N) is 1. The summed E-state index contributed by atoms with van der Waals surface area (Å²) in [6, 6.07) is 10.5. The molecule has 88 valence electrons. The lowest BCUT2D eigenvalue weighted by Crippen LogP contribution is -2.40. The van der Waals surface area contributed by atoms with Gasteiger partial charge in [-0.15, -0.1) is 0 Å². The van der Waals surface area contributed by atoms with Gasteiger partial charge in [0.25, 0.3) is 0 Å². The van der Waals surface area contributed by atoms with Crippen molar-refractivity contribution in [1.29, 1.82) is 0 Å². The van der Waals surface area contributed by atoms with Crippen molar-refractivity contribution in [3.63, 3.8) is 0 Å². The Kier molecular flexibility index (Phi) is 5.26. The topological polar surface area (TPSA) is 15.3 Å². The molecule has 1 aromatic carbocycles. The van der Waals surface area contributed by atoms with Gasteiger partial charge in [-0.1, -0.05) is 25.1 Å². The average Bonchev–Trinajstić information content (AvgIpc) is 2.31. The minimum absolute atomic E-state index is 0.480. The summed E-state index contributed by atoms with van der Waals surface area (Å²) in [4.78, 5) is 2.21. The molecule has 1 unspecified atom stereocenters. The van der Waals surface area contributed by atoms with Crippen LogP contribution in [0.2, 0.25) is 0 Å². The molecule has 1 N–H and O–H groups in total. The fourth-order valence-corrected chi connectivity index (χ4v) is 2.02. The zero-order valence-electron chi connectivity index (χ0n) is 10.2. The highest BCUT2D eigenvalue weighted by molar-refractivity contribution is 7.80. The molecule has 0 spiro atoms. The molecule has 1 aromatic rings. The second kappa shape index (κ2) is 6.48. The van der Waals surface area contributed by atoms with Crippen molar-refractivity contribution in [3.05, 3.63) is 30.3 Å². The van der Waals surface area contributed by atoms with Gasteiger partial charge in [0.2, 0.25) is 0 Å². The zero-order chi connectivity index (χ0) is 12.0. The Morgan fingerprint density at radius 1 is 1.31 bits per heavy atom. The minimum Gasteiger partial charge on any atom is -0.347 e. The van der Waals surface area contributed by atoms with Gasteiger partial charge in [-0.2, -0.15) is 0 Å². The maximum absolute atomic E-state index is 5.41. The Balaban J connectivity index is 2.63. The van der Waals surface area contributed by atoms with Crippen LogP contribution in [-0.2, 0) is 0 Å². The molecule has 3 heteroatoms. The van der Waals surface area contributed by atoms with E-state index in [2.05, 4.69) is 31.0 Å². The zero-order valence-corrected chi connectivity index (χ0v) is 11.1. The molecule has 0 aliphatic carbocycles. The first kappa shape index (κ1) is 13.0. The summed E-state index contributed by atoms with van der Waals surface area (Å²) in [6.07, 6.45) is 1.10. The number of anilines is 1. The van der Waals surface area contributed by atoms with Crippen LogP contribution in [0, 0.1) is 0 Å². The molecule has 0 radical (unpaired) electrons. The van der Waals surface area contributed by atoms with Crippen LogP contribution in [-0.4, -0.2) is 22.6 Å². The normalized spacial score (nSPS) is 11.9. The first-order chi connectivity index (χ1) is 7.69. The first-order valence-electron chi connectivity index (χ1n) is 5.81. The summed E-state index contributed by atoms with van der Waals surface area (Å²) >= 11 is 5.41. The predicted molar refractivity (Wildman–Crippen MR) is 74.8 cm³/mol. The fraction of sp³-hybridized carbons (Fsp3) is 0.462. The molecule has 0 bridgehead atoms. The summed E-state index contributed by atoms with van der Waals surface area (Å²) in [6.45, 7) is 7.44. The fourth-order valence-electron chi connectivity index (χ4n) is 1.59. The predicted octanol–water partition coefficient (Wildman–Crippen LogP) is 3.50. The molecule has 0 aliphatic heterocycles. The molecule has 0 heterocycles. The number of hydrogen-bond donors (Lipinski definition) is 1. The molecule has 0 saturated heterocycles. The molecule has 2 nitrogen and oxygen atoms in total. The molecule has 0 aliphatic rings. The molecule has 16 heavy (non-hydrogen) atoms. The SMILES string of the molecule is CCC(C)N(CC)C(=S)Nc1ccccc1. The van der Waals surface area contributed by atoms with E-state index in [0.717, 1.165) is 23.8 Å². The summed E-state index contributed by atoms with van der Waals surface area (Å²) in [5.74, 6) is 0. The standard InChI is InChI=1S/C13H20N2S/c1-4-11(3)15(5-2)13(16)14-12-9-7-6-8-10-12/h6-11H,4-5H2,1-3H3,(H,14,16). The van der Waals surface area contributed by atoms with E-state index in [9.17, 15) is 0 Å². The lowest BCUT2D eigenvalue weighted by molar-refractivity contribution is 0.341. The van der Waals surface area contributed by atoms with Crippen molar-refractivity contribution in [3.8, 4) is 0 Å². The number of hydrogen-bond acceptors (Lipinski definition) is 1. The third kappa shape index (κ3) is 3.49. The van der Waals surface area contributed by atoms with Gasteiger partial charge >= 0.3 is 0 Å². The average molecular weight is 236 g/mol. The number of thiocarbonyl (C=S) groups is 1. The molecular formula is C13H20N2S. The summed E-state index contributed by atoms with van der Waals surface area (Å²) in [7, 11) is 0. The quantitative estimate of drug-likeness (QED) is 0.805. The van der Waals surface area contributed by atoms with Gasteiger partial charge in [0.05, 0.1) is 0 Å². The van der Waals surface area contributed by atoms with Crippen molar-refractivity contribution in [1.82, 2.24) is 4.90 Å². The van der Waals surface area contributed by atoms with Gasteiger partial charge < -0.3 is 10.2 Å². The van der Waals surface area contributed by atoms with E-state index >= 15 is 0 Å². The van der Waals surface area contributed by atoms with Crippen LogP contribution < -0.4 is 5.32 Å². The highest BCUT2D eigenvalue weighted by atomic mass is 32.1. The number of para-hydroxylation sites is 1. The Hall–Kier alpha value is -1.09. The van der Waals surface area contributed by atoms with E-state index in [0.29, 0.717) is 6.04 Å². The van der Waals surface area contributed by atoms with E-state index in [1.807, 2.05) is 30.3 Å². The van der Waals surface area contributed by atoms with E-state index in [1.54, 1.807) is 0 Å². The van der Waals surface area contributed by atoms with Crippen LogP contribution in [0.25, 0.3) is 0 Å². The third-order valence-electron chi connectivity index (χ3n) is 2.75. The Morgan fingerprint density at radius 2 is 1.94 bits per heavy atom. The minimum atomic E-state index is 0.480. The second-order valence-electron chi connectivity index (χ2n) is 3.84. The van der Waals surface area contributed by atoms with Crippen molar-refractivity contribution in [2.75, 3.05) is 11.9 Å². The molecule has 0 aromatic heterocycles. The summed E-state index contributed by atoms with van der Waals surface area (Å²) in [5, 5.41) is 4.07. The van der Waals surface area contributed by atoms with Crippen molar-refractivity contribution in [2.45, 2.75) is 33.2 Å². The highest BCUT2D eigenvalue weighted by Crippen LogP contribution is 2.10. The Bertz CT molecular complexity index is 324. The van der Waals surface area contributed by atoms with Crippen LogP contribution in [0.5, 0.6) is 0 Å². The summed E-state index contributed by atoms with van der Waals surface area (Å²) < 4.78 is 0. The number of benzene rings is 1. The van der Waals surface area contributed by atoms with Crippen molar-refractivity contribution < 1.29 is 0 Å². The van der Waals surface area contributed by atoms with Crippen LogP contribution in [0.15, 0.2) is 30.3 Å². The van der Waals surface area contributed by atoms with E-state index in [-0.39, 0.29) is 0 Å². The van der Waals surface area contributed by atoms with Crippen molar-refractivity contribution in [2.24, 2.45) is 0 Å². The maximum atomic E-state index is 5.41. The Morgan fingerprint density at radius 3 is 2.44 bits per heavy atom. The second-order valence-corrected chi connectivity index (χ2v) is 4.23. The first-order valence-corrected chi connectivity index (χ1v) is 6.22. The van der Waals surface area contributed by atoms with Gasteiger partial charge in [-0.05, 0) is 44.6 Å². The van der Waals surface area contributed by atoms with E-state index < -0.39 is 0 Å². The molecule has 0 amide bonds. The van der Waals surface area contributed by atoms with E-state index in [1.165, 1.54) is 0 Å². The molecule has 0 fully saturated rings. The molecular weight excluding hydrogens is 216 g/mol. The van der Waals surface area contributed by atoms with Crippen molar-refractivity contribution >= 4 is 23.0 Å². The number of rotatable bonds is 4. The van der Waals surface area contributed by atoms with Gasteiger partial charge in [0.1, 0.15) is 0 Å². The van der Waals surface area contributed by atoms with Gasteiger partial charge in [-0.25, -0.2) is 0 Å². The monoisotopic (exact) mass is 236 g/mol. The molecule has 1 atom stereocenters. The maximum Gasteiger partial charge on any atom is 0.173 e. The van der Waals surface area contributed by atoms with Crippen LogP contribution in [0.3, 0.4) is 0 Å². The Labute approximate surface area is 104 Å². The number of nitrogens with zero attached hydrogens (tertiary/aromatic N) is 1. The van der Waals surface area contributed by atoms with Crippen LogP contribution >= 0.6 is 12.2 Å². The van der Waals surface area contributed by atoms with Gasteiger partial charge in [-0.3, -0.25) is 0 Å². The smallest absolute Gasteiger partial charge is 0.173 e. The molecule has 1 rings (SSSR count). The van der Waals surface area contributed by atoms with Gasteiger partial charge in [0.15, 0.2) is 5.11 Å². The lowest BCUT2D eigenvalue weighted by Gasteiger charge is -2.30. The summed E-state index contributed by atoms with van der Waals surface area (Å²) in [5.41, 5.74) is 1.05. The third-order valence-corrected chi connectivity index (χ3v) is 3.09. The van der Waals surface area contributed by atoms with Crippen LogP contribution in [0.1, 0.15) is 27.2 Å². The highest BCUT2D eigenvalue weighted by Gasteiger charge is 2.13.